The van der Waals surface area contributed by atoms with Gasteiger partial charge in [-0.2, -0.15) is 0 Å². The van der Waals surface area contributed by atoms with Crippen molar-refractivity contribution in [2.75, 3.05) is 19.5 Å². The molecule has 13 heavy (non-hydrogen) atoms. The number of nitrogen functional groups attached to an aromatic ring is 1. The Kier molecular flexibility index (Phi) is 3.54. The summed E-state index contributed by atoms with van der Waals surface area (Å²) in [4.78, 5) is 4.47. The molecule has 0 fully saturated rings. The average Bonchev–Trinajstić information content (AvgIpc) is 2.15. The molecule has 0 atom stereocenters. The van der Waals surface area contributed by atoms with Gasteiger partial charge in [-0.1, -0.05) is 6.07 Å². The molecule has 0 saturated heterocycles. The Morgan fingerprint density at radius 2 is 2.15 bits per heavy atom. The van der Waals surface area contributed by atoms with E-state index in [4.69, 9.17) is 16.4 Å². The van der Waals surface area contributed by atoms with Crippen molar-refractivity contribution in [2.45, 2.75) is 6.42 Å². The van der Waals surface area contributed by atoms with Crippen molar-refractivity contribution in [3.05, 3.63) is 23.8 Å². The number of hydrogen-bond donors (Lipinski definition) is 2. The Bertz CT molecular complexity index is 276. The minimum absolute atomic E-state index is 0.492. The molecule has 4 nitrogen and oxygen atoms in total. The fraction of sp³-hybridized carbons (Fsp3) is 0.333. The van der Waals surface area contributed by atoms with Gasteiger partial charge in [0.2, 0.25) is 0 Å². The zero-order valence-corrected chi connectivity index (χ0v) is 7.62. The Morgan fingerprint density at radius 1 is 1.38 bits per heavy atom. The molecular formula is C9H14N2O2. The van der Waals surface area contributed by atoms with Crippen LogP contribution in [-0.2, 0) is 11.3 Å². The summed E-state index contributed by atoms with van der Waals surface area (Å²) in [6, 6.07) is 5.63. The van der Waals surface area contributed by atoms with E-state index in [9.17, 15) is 0 Å². The third kappa shape index (κ3) is 2.61. The number of nitrogens with two attached hydrogens (primary N) is 2. The predicted molar refractivity (Wildman–Crippen MR) is 51.2 cm³/mol. The molecule has 0 bridgehead atoms. The lowest BCUT2D eigenvalue weighted by Crippen LogP contribution is -2.04. The van der Waals surface area contributed by atoms with Crippen LogP contribution in [0.5, 0.6) is 5.75 Å². The quantitative estimate of drug-likeness (QED) is 0.531. The molecule has 0 aromatic heterocycles. The van der Waals surface area contributed by atoms with Crippen LogP contribution in [0, 0.1) is 0 Å². The number of ether oxygens (including phenoxy) is 1. The lowest BCUT2D eigenvalue weighted by molar-refractivity contribution is 0.141. The zero-order valence-electron chi connectivity index (χ0n) is 7.62. The van der Waals surface area contributed by atoms with Gasteiger partial charge in [0.05, 0.1) is 19.4 Å². The maximum atomic E-state index is 5.71. The summed E-state index contributed by atoms with van der Waals surface area (Å²) in [5.74, 6) is 5.61. The highest BCUT2D eigenvalue weighted by Crippen LogP contribution is 2.21. The van der Waals surface area contributed by atoms with E-state index in [2.05, 4.69) is 4.84 Å². The summed E-state index contributed by atoms with van der Waals surface area (Å²) in [7, 11) is 1.59. The van der Waals surface area contributed by atoms with E-state index in [0.29, 0.717) is 18.0 Å². The second-order valence-electron chi connectivity index (χ2n) is 2.70. The van der Waals surface area contributed by atoms with Crippen molar-refractivity contribution >= 4 is 5.69 Å². The molecule has 1 aromatic rings. The van der Waals surface area contributed by atoms with Gasteiger partial charge in [0.15, 0.2) is 0 Å². The molecule has 0 heterocycles. The zero-order chi connectivity index (χ0) is 9.68. The van der Waals surface area contributed by atoms with Crippen molar-refractivity contribution in [3.63, 3.8) is 0 Å². The Hall–Kier alpha value is -1.26. The van der Waals surface area contributed by atoms with Gasteiger partial charge in [-0.15, -0.1) is 0 Å². The van der Waals surface area contributed by atoms with E-state index in [0.717, 1.165) is 12.0 Å². The first-order chi connectivity index (χ1) is 6.27. The van der Waals surface area contributed by atoms with Gasteiger partial charge in [-0.3, -0.25) is 0 Å². The van der Waals surface area contributed by atoms with Gasteiger partial charge in [0, 0.05) is 0 Å². The Balaban J connectivity index is 2.71. The van der Waals surface area contributed by atoms with Crippen LogP contribution in [0.3, 0.4) is 0 Å². The molecule has 0 aliphatic heterocycles. The maximum absolute atomic E-state index is 5.71. The second-order valence-corrected chi connectivity index (χ2v) is 2.70. The largest absolute Gasteiger partial charge is 0.495 e. The molecule has 0 aliphatic rings. The summed E-state index contributed by atoms with van der Waals surface area (Å²) in [6.45, 7) is 0.492. The molecule has 72 valence electrons. The van der Waals surface area contributed by atoms with Crippen LogP contribution >= 0.6 is 0 Å². The van der Waals surface area contributed by atoms with Crippen LogP contribution < -0.4 is 16.4 Å². The van der Waals surface area contributed by atoms with Gasteiger partial charge in [0.1, 0.15) is 5.75 Å². The van der Waals surface area contributed by atoms with Crippen molar-refractivity contribution in [3.8, 4) is 5.75 Å². The average molecular weight is 182 g/mol. The van der Waals surface area contributed by atoms with Crippen molar-refractivity contribution < 1.29 is 9.57 Å². The van der Waals surface area contributed by atoms with Crippen molar-refractivity contribution in [2.24, 2.45) is 5.90 Å². The number of methoxy groups -OCH3 is 1. The lowest BCUT2D eigenvalue weighted by atomic mass is 10.1. The highest BCUT2D eigenvalue weighted by Gasteiger charge is 1.99. The molecular weight excluding hydrogens is 168 g/mol. The minimum atomic E-state index is 0.492. The molecule has 0 radical (unpaired) electrons. The van der Waals surface area contributed by atoms with E-state index in [1.54, 1.807) is 7.11 Å². The minimum Gasteiger partial charge on any atom is -0.495 e. The third-order valence-electron chi connectivity index (χ3n) is 1.80. The standard InChI is InChI=1S/C9H14N2O2/c1-12-9-3-2-7(4-5-13-11)6-8(9)10/h2-3,6H,4-5,10-11H2,1H3. The van der Waals surface area contributed by atoms with E-state index >= 15 is 0 Å². The summed E-state index contributed by atoms with van der Waals surface area (Å²) >= 11 is 0. The smallest absolute Gasteiger partial charge is 0.141 e. The molecule has 4 N–H and O–H groups in total. The number of hydrogen-bond acceptors (Lipinski definition) is 4. The van der Waals surface area contributed by atoms with Crippen LogP contribution in [0.15, 0.2) is 18.2 Å². The normalized spacial score (nSPS) is 10.0. The fourth-order valence-corrected chi connectivity index (χ4v) is 1.12. The van der Waals surface area contributed by atoms with Crippen LogP contribution in [0.2, 0.25) is 0 Å². The van der Waals surface area contributed by atoms with E-state index < -0.39 is 0 Å². The topological polar surface area (TPSA) is 70.5 Å². The van der Waals surface area contributed by atoms with Crippen LogP contribution in [-0.4, -0.2) is 13.7 Å². The number of rotatable bonds is 4. The van der Waals surface area contributed by atoms with Gasteiger partial charge in [-0.05, 0) is 24.1 Å². The molecule has 0 aliphatic carbocycles. The van der Waals surface area contributed by atoms with Crippen molar-refractivity contribution in [1.82, 2.24) is 0 Å². The molecule has 1 aromatic carbocycles. The van der Waals surface area contributed by atoms with Gasteiger partial charge in [0.25, 0.3) is 0 Å². The molecule has 0 amide bonds. The molecule has 0 saturated carbocycles. The number of benzene rings is 1. The first kappa shape index (κ1) is 9.83. The Morgan fingerprint density at radius 3 is 2.69 bits per heavy atom. The molecule has 1 rings (SSSR count). The summed E-state index contributed by atoms with van der Waals surface area (Å²) < 4.78 is 5.02. The van der Waals surface area contributed by atoms with E-state index in [1.807, 2.05) is 18.2 Å². The summed E-state index contributed by atoms with van der Waals surface area (Å²) in [5, 5.41) is 0. The van der Waals surface area contributed by atoms with E-state index in [1.165, 1.54) is 0 Å². The predicted octanol–water partition coefficient (Wildman–Crippen LogP) is 0.710. The highest BCUT2D eigenvalue weighted by molar-refractivity contribution is 5.54. The van der Waals surface area contributed by atoms with Crippen LogP contribution in [0.25, 0.3) is 0 Å². The second kappa shape index (κ2) is 4.69. The monoisotopic (exact) mass is 182 g/mol. The Labute approximate surface area is 77.4 Å². The third-order valence-corrected chi connectivity index (χ3v) is 1.80. The lowest BCUT2D eigenvalue weighted by Gasteiger charge is -2.06. The first-order valence-corrected chi connectivity index (χ1v) is 4.02. The summed E-state index contributed by atoms with van der Waals surface area (Å²) in [6.07, 6.45) is 0.755. The van der Waals surface area contributed by atoms with Crippen LogP contribution in [0.4, 0.5) is 5.69 Å². The van der Waals surface area contributed by atoms with E-state index in [-0.39, 0.29) is 0 Å². The first-order valence-electron chi connectivity index (χ1n) is 4.02. The van der Waals surface area contributed by atoms with Crippen molar-refractivity contribution in [1.29, 1.82) is 0 Å². The molecule has 4 heteroatoms. The van der Waals surface area contributed by atoms with Gasteiger partial charge < -0.3 is 15.3 Å². The fourth-order valence-electron chi connectivity index (χ4n) is 1.12. The SMILES string of the molecule is COc1ccc(CCON)cc1N. The van der Waals surface area contributed by atoms with Crippen LogP contribution in [0.1, 0.15) is 5.56 Å². The number of anilines is 1. The van der Waals surface area contributed by atoms with Gasteiger partial charge >= 0.3 is 0 Å². The molecule has 0 spiro atoms. The summed E-state index contributed by atoms with van der Waals surface area (Å²) in [5.41, 5.74) is 7.43. The molecule has 0 unspecified atom stereocenters. The highest BCUT2D eigenvalue weighted by atomic mass is 16.6. The maximum Gasteiger partial charge on any atom is 0.141 e. The van der Waals surface area contributed by atoms with Gasteiger partial charge in [-0.25, -0.2) is 5.90 Å².